The van der Waals surface area contributed by atoms with Gasteiger partial charge in [-0.2, -0.15) is 0 Å². The first-order valence-corrected chi connectivity index (χ1v) is 8.93. The summed E-state index contributed by atoms with van der Waals surface area (Å²) in [6.07, 6.45) is 4.26. The first kappa shape index (κ1) is 21.5. The van der Waals surface area contributed by atoms with Crippen LogP contribution in [-0.2, 0) is 4.74 Å². The van der Waals surface area contributed by atoms with Gasteiger partial charge >= 0.3 is 0 Å². The number of phenols is 1. The zero-order valence-electron chi connectivity index (χ0n) is 16.0. The van der Waals surface area contributed by atoms with Crippen LogP contribution in [0.2, 0.25) is 0 Å². The van der Waals surface area contributed by atoms with Crippen molar-refractivity contribution in [2.24, 2.45) is 5.92 Å². The zero-order chi connectivity index (χ0) is 19.4. The third kappa shape index (κ3) is 7.58. The highest BCUT2D eigenvalue weighted by molar-refractivity contribution is 5.54. The van der Waals surface area contributed by atoms with Gasteiger partial charge in [-0.25, -0.2) is 0 Å². The van der Waals surface area contributed by atoms with Gasteiger partial charge in [-0.3, -0.25) is 0 Å². The number of phenolic OH excluding ortho intramolecular Hbond substituents is 1. The second kappa shape index (κ2) is 11.9. The van der Waals surface area contributed by atoms with Crippen molar-refractivity contribution < 1.29 is 14.6 Å². The van der Waals surface area contributed by atoms with E-state index in [2.05, 4.69) is 33.9 Å². The lowest BCUT2D eigenvalue weighted by molar-refractivity contribution is -0.107. The second-order valence-corrected chi connectivity index (χ2v) is 6.14. The molecular formula is C23H30O3. The lowest BCUT2D eigenvalue weighted by Gasteiger charge is -2.22. The first-order valence-electron chi connectivity index (χ1n) is 8.93. The van der Waals surface area contributed by atoms with Gasteiger partial charge in [0.05, 0.1) is 6.61 Å². The summed E-state index contributed by atoms with van der Waals surface area (Å²) in [6.45, 7) is 14.3. The van der Waals surface area contributed by atoms with Crippen molar-refractivity contribution in [3.8, 4) is 11.5 Å². The lowest BCUT2D eigenvalue weighted by atomic mass is 10.2. The summed E-state index contributed by atoms with van der Waals surface area (Å²) >= 11 is 0. The summed E-state index contributed by atoms with van der Waals surface area (Å²) in [4.78, 5) is 0. The van der Waals surface area contributed by atoms with E-state index in [9.17, 15) is 0 Å². The molecular weight excluding hydrogens is 324 g/mol. The lowest BCUT2D eigenvalue weighted by Crippen LogP contribution is -2.27. The molecule has 26 heavy (non-hydrogen) atoms. The van der Waals surface area contributed by atoms with Crippen LogP contribution in [0, 0.1) is 5.92 Å². The van der Waals surface area contributed by atoms with E-state index in [1.807, 2.05) is 42.5 Å². The number of ether oxygens (including phenoxy) is 2. The van der Waals surface area contributed by atoms with Gasteiger partial charge in [-0.15, -0.1) is 0 Å². The minimum atomic E-state index is -0.176. The average Bonchev–Trinajstić information content (AvgIpc) is 2.66. The maximum atomic E-state index is 9.04. The van der Waals surface area contributed by atoms with Crippen molar-refractivity contribution in [3.63, 3.8) is 0 Å². The maximum Gasteiger partial charge on any atom is 0.202 e. The minimum Gasteiger partial charge on any atom is -0.507 e. The fourth-order valence-electron chi connectivity index (χ4n) is 2.07. The number of aromatic hydroxyl groups is 1. The monoisotopic (exact) mass is 354 g/mol. The van der Waals surface area contributed by atoms with Gasteiger partial charge < -0.3 is 14.6 Å². The Balaban J connectivity index is 0.000000314. The zero-order valence-corrected chi connectivity index (χ0v) is 16.0. The van der Waals surface area contributed by atoms with Crippen molar-refractivity contribution >= 4 is 12.2 Å². The molecule has 1 N–H and O–H groups in total. The summed E-state index contributed by atoms with van der Waals surface area (Å²) in [5, 5.41) is 9.04. The van der Waals surface area contributed by atoms with Gasteiger partial charge in [-0.1, -0.05) is 76.4 Å². The largest absolute Gasteiger partial charge is 0.507 e. The van der Waals surface area contributed by atoms with Gasteiger partial charge in [0.1, 0.15) is 11.5 Å². The Morgan fingerprint density at radius 1 is 1.00 bits per heavy atom. The molecule has 140 valence electrons. The standard InChI is InChI=1S/C15H22O2.C8H8O/c1-5-11-16-15(12(3)4)17-14-9-7-13(6-2)8-10-14;1-2-7-5-3-4-6-8(7)9/h6-10,12,15H,2,5,11H2,1,3-4H3;2-6,9H,1H2. The first-order chi connectivity index (χ1) is 12.5. The molecule has 0 spiro atoms. The van der Waals surface area contributed by atoms with E-state index in [0.717, 1.165) is 29.9 Å². The Labute approximate surface area is 157 Å². The molecule has 0 radical (unpaired) electrons. The van der Waals surface area contributed by atoms with E-state index in [1.165, 1.54) is 0 Å². The highest BCUT2D eigenvalue weighted by Gasteiger charge is 2.15. The summed E-state index contributed by atoms with van der Waals surface area (Å²) in [5.74, 6) is 1.46. The van der Waals surface area contributed by atoms with Crippen LogP contribution >= 0.6 is 0 Å². The maximum absolute atomic E-state index is 9.04. The minimum absolute atomic E-state index is 0.176. The van der Waals surface area contributed by atoms with E-state index < -0.39 is 0 Å². The predicted molar refractivity (Wildman–Crippen MR) is 110 cm³/mol. The van der Waals surface area contributed by atoms with E-state index in [0.29, 0.717) is 5.92 Å². The number of para-hydroxylation sites is 1. The van der Waals surface area contributed by atoms with E-state index in [1.54, 1.807) is 18.2 Å². The third-order valence-electron chi connectivity index (χ3n) is 3.56. The quantitative estimate of drug-likeness (QED) is 0.578. The fraction of sp³-hybridized carbons (Fsp3) is 0.304. The average molecular weight is 354 g/mol. The van der Waals surface area contributed by atoms with E-state index in [4.69, 9.17) is 14.6 Å². The van der Waals surface area contributed by atoms with Gasteiger partial charge in [0.2, 0.25) is 6.29 Å². The summed E-state index contributed by atoms with van der Waals surface area (Å²) in [7, 11) is 0. The van der Waals surface area contributed by atoms with Crippen LogP contribution in [0.25, 0.3) is 12.2 Å². The highest BCUT2D eigenvalue weighted by atomic mass is 16.7. The molecule has 0 aliphatic heterocycles. The number of hydrogen-bond donors (Lipinski definition) is 1. The van der Waals surface area contributed by atoms with Crippen molar-refractivity contribution in [2.45, 2.75) is 33.5 Å². The Kier molecular flexibility index (Phi) is 9.88. The van der Waals surface area contributed by atoms with Crippen LogP contribution < -0.4 is 4.74 Å². The molecule has 2 aromatic carbocycles. The van der Waals surface area contributed by atoms with Crippen LogP contribution in [0.15, 0.2) is 61.7 Å². The second-order valence-electron chi connectivity index (χ2n) is 6.14. The predicted octanol–water partition coefficient (Wildman–Crippen LogP) is 6.15. The van der Waals surface area contributed by atoms with Crippen molar-refractivity contribution in [2.75, 3.05) is 6.61 Å². The Bertz CT molecular complexity index is 659. The molecule has 1 unspecified atom stereocenters. The van der Waals surface area contributed by atoms with Crippen LogP contribution in [-0.4, -0.2) is 18.0 Å². The van der Waals surface area contributed by atoms with Gasteiger partial charge in [-0.05, 0) is 30.2 Å². The van der Waals surface area contributed by atoms with Crippen LogP contribution in [0.3, 0.4) is 0 Å². The third-order valence-corrected chi connectivity index (χ3v) is 3.56. The molecule has 0 bridgehead atoms. The molecule has 3 nitrogen and oxygen atoms in total. The molecule has 2 aromatic rings. The number of rotatable bonds is 8. The van der Waals surface area contributed by atoms with Crippen LogP contribution in [0.5, 0.6) is 11.5 Å². The molecule has 0 heterocycles. The Hall–Kier alpha value is -2.52. The smallest absolute Gasteiger partial charge is 0.202 e. The van der Waals surface area contributed by atoms with Crippen LogP contribution in [0.1, 0.15) is 38.3 Å². The van der Waals surface area contributed by atoms with Gasteiger partial charge in [0.15, 0.2) is 0 Å². The Morgan fingerprint density at radius 2 is 1.65 bits per heavy atom. The highest BCUT2D eigenvalue weighted by Crippen LogP contribution is 2.18. The molecule has 2 rings (SSSR count). The molecule has 0 saturated heterocycles. The summed E-state index contributed by atoms with van der Waals surface area (Å²) in [5.41, 5.74) is 1.87. The molecule has 0 amide bonds. The van der Waals surface area contributed by atoms with Crippen molar-refractivity contribution in [1.82, 2.24) is 0 Å². The van der Waals surface area contributed by atoms with Crippen molar-refractivity contribution in [3.05, 3.63) is 72.8 Å². The van der Waals surface area contributed by atoms with Gasteiger partial charge in [0, 0.05) is 11.5 Å². The molecule has 0 aromatic heterocycles. The van der Waals surface area contributed by atoms with Gasteiger partial charge in [0.25, 0.3) is 0 Å². The normalized spacial score (nSPS) is 11.2. The van der Waals surface area contributed by atoms with Crippen molar-refractivity contribution in [1.29, 1.82) is 0 Å². The van der Waals surface area contributed by atoms with E-state index >= 15 is 0 Å². The number of hydrogen-bond acceptors (Lipinski definition) is 3. The van der Waals surface area contributed by atoms with E-state index in [-0.39, 0.29) is 12.0 Å². The molecule has 0 saturated carbocycles. The number of benzene rings is 2. The van der Waals surface area contributed by atoms with Crippen LogP contribution in [0.4, 0.5) is 0 Å². The molecule has 0 aliphatic carbocycles. The molecule has 3 heteroatoms. The summed E-state index contributed by atoms with van der Waals surface area (Å²) < 4.78 is 11.5. The summed E-state index contributed by atoms with van der Waals surface area (Å²) in [6, 6.07) is 14.9. The molecule has 0 aliphatic rings. The fourth-order valence-corrected chi connectivity index (χ4v) is 2.07. The molecule has 1 atom stereocenters. The topological polar surface area (TPSA) is 38.7 Å². The SMILES string of the molecule is C=Cc1ccc(OC(OCCC)C(C)C)cc1.C=Cc1ccccc1O. The molecule has 0 fully saturated rings. The Morgan fingerprint density at radius 3 is 2.12 bits per heavy atom.